The summed E-state index contributed by atoms with van der Waals surface area (Å²) in [4.78, 5) is 15.2. The first-order valence-corrected chi connectivity index (χ1v) is 8.32. The molecule has 2 aromatic rings. The van der Waals surface area contributed by atoms with Gasteiger partial charge in [-0.15, -0.1) is 11.3 Å². The minimum atomic E-state index is 0.0341. The Morgan fingerprint density at radius 2 is 2.15 bits per heavy atom. The van der Waals surface area contributed by atoms with Crippen molar-refractivity contribution in [3.05, 3.63) is 27.5 Å². The molecule has 1 amide bonds. The molecule has 0 aliphatic carbocycles. The molecule has 3 nitrogen and oxygen atoms in total. The Labute approximate surface area is 131 Å². The highest BCUT2D eigenvalue weighted by Crippen LogP contribution is 2.38. The zero-order valence-corrected chi connectivity index (χ0v) is 14.3. The van der Waals surface area contributed by atoms with Crippen LogP contribution in [0.1, 0.15) is 30.4 Å². The van der Waals surface area contributed by atoms with Crippen LogP contribution in [0.2, 0.25) is 0 Å². The number of nitrogen functional groups attached to an aromatic ring is 1. The van der Waals surface area contributed by atoms with Crippen molar-refractivity contribution in [2.75, 3.05) is 18.8 Å². The summed E-state index contributed by atoms with van der Waals surface area (Å²) in [6.45, 7) is 7.68. The second-order valence-corrected chi connectivity index (χ2v) is 7.10. The summed E-state index contributed by atoms with van der Waals surface area (Å²) in [7, 11) is 0. The fourth-order valence-electron chi connectivity index (χ4n) is 2.23. The van der Waals surface area contributed by atoms with Gasteiger partial charge in [0.25, 0.3) is 5.91 Å². The molecule has 0 saturated heterocycles. The molecule has 0 aliphatic rings. The molecule has 0 fully saturated rings. The molecule has 1 aromatic carbocycles. The maximum absolute atomic E-state index is 12.7. The van der Waals surface area contributed by atoms with E-state index in [0.29, 0.717) is 23.0 Å². The topological polar surface area (TPSA) is 46.3 Å². The number of hydrogen-bond donors (Lipinski definition) is 1. The van der Waals surface area contributed by atoms with Crippen molar-refractivity contribution in [2.24, 2.45) is 5.92 Å². The van der Waals surface area contributed by atoms with Gasteiger partial charge in [0.1, 0.15) is 4.88 Å². The summed E-state index contributed by atoms with van der Waals surface area (Å²) in [5.41, 5.74) is 6.78. The second-order valence-electron chi connectivity index (χ2n) is 5.20. The van der Waals surface area contributed by atoms with E-state index in [0.717, 1.165) is 21.1 Å². The number of benzene rings is 1. The Hall–Kier alpha value is -1.07. The lowest BCUT2D eigenvalue weighted by Crippen LogP contribution is -2.33. The van der Waals surface area contributed by atoms with E-state index in [1.807, 2.05) is 30.0 Å². The van der Waals surface area contributed by atoms with Gasteiger partial charge in [0.2, 0.25) is 0 Å². The molecule has 0 spiro atoms. The van der Waals surface area contributed by atoms with Gasteiger partial charge in [0, 0.05) is 27.6 Å². The third-order valence-electron chi connectivity index (χ3n) is 3.15. The summed E-state index contributed by atoms with van der Waals surface area (Å²) in [6.07, 6.45) is 0. The van der Waals surface area contributed by atoms with Crippen LogP contribution in [-0.4, -0.2) is 23.9 Å². The molecule has 2 N–H and O–H groups in total. The van der Waals surface area contributed by atoms with Crippen LogP contribution in [0.5, 0.6) is 0 Å². The largest absolute Gasteiger partial charge is 0.397 e. The second kappa shape index (κ2) is 6.14. The van der Waals surface area contributed by atoms with Crippen molar-refractivity contribution in [1.82, 2.24) is 4.90 Å². The average Bonchev–Trinajstić information content (AvgIpc) is 2.73. The number of thiophene rings is 1. The number of nitrogens with zero attached hydrogens (tertiary/aromatic N) is 1. The van der Waals surface area contributed by atoms with Crippen LogP contribution < -0.4 is 5.73 Å². The van der Waals surface area contributed by atoms with Gasteiger partial charge in [-0.2, -0.15) is 0 Å². The fraction of sp³-hybridized carbons (Fsp3) is 0.400. The van der Waals surface area contributed by atoms with E-state index < -0.39 is 0 Å². The lowest BCUT2D eigenvalue weighted by Gasteiger charge is -2.22. The van der Waals surface area contributed by atoms with Crippen LogP contribution in [0, 0.1) is 5.92 Å². The monoisotopic (exact) mass is 354 g/mol. The molecule has 0 bridgehead atoms. The van der Waals surface area contributed by atoms with Crippen LogP contribution in [0.4, 0.5) is 5.69 Å². The Bertz CT molecular complexity index is 636. The highest BCUT2D eigenvalue weighted by Gasteiger charge is 2.22. The maximum atomic E-state index is 12.7. The third-order valence-corrected chi connectivity index (χ3v) is 4.97. The van der Waals surface area contributed by atoms with Gasteiger partial charge < -0.3 is 10.6 Å². The number of carbonyl (C=O) groups is 1. The van der Waals surface area contributed by atoms with Gasteiger partial charge in [0.05, 0.1) is 5.69 Å². The van der Waals surface area contributed by atoms with Gasteiger partial charge in [-0.05, 0) is 25.0 Å². The molecule has 5 heteroatoms. The number of carbonyl (C=O) groups excluding carboxylic acids is 1. The summed E-state index contributed by atoms with van der Waals surface area (Å²) >= 11 is 4.98. The van der Waals surface area contributed by atoms with E-state index in [1.54, 1.807) is 0 Å². The van der Waals surface area contributed by atoms with Gasteiger partial charge in [-0.25, -0.2) is 0 Å². The fourth-order valence-corrected chi connectivity index (χ4v) is 4.06. The highest BCUT2D eigenvalue weighted by molar-refractivity contribution is 9.10. The predicted octanol–water partition coefficient (Wildman–Crippen LogP) is 4.36. The molecule has 0 unspecified atom stereocenters. The normalized spacial score (nSPS) is 11.2. The Kier molecular flexibility index (Phi) is 4.70. The van der Waals surface area contributed by atoms with Gasteiger partial charge >= 0.3 is 0 Å². The smallest absolute Gasteiger partial charge is 0.266 e. The molecule has 1 heterocycles. The van der Waals surface area contributed by atoms with Crippen LogP contribution in [0.15, 0.2) is 22.7 Å². The van der Waals surface area contributed by atoms with Crippen molar-refractivity contribution in [2.45, 2.75) is 20.8 Å². The van der Waals surface area contributed by atoms with E-state index >= 15 is 0 Å². The molecule has 108 valence electrons. The minimum Gasteiger partial charge on any atom is -0.397 e. The van der Waals surface area contributed by atoms with E-state index in [9.17, 15) is 4.79 Å². The first-order chi connectivity index (χ1) is 9.45. The van der Waals surface area contributed by atoms with Crippen LogP contribution in [0.25, 0.3) is 10.1 Å². The minimum absolute atomic E-state index is 0.0341. The van der Waals surface area contributed by atoms with Crippen molar-refractivity contribution in [3.8, 4) is 0 Å². The number of rotatable bonds is 4. The number of hydrogen-bond acceptors (Lipinski definition) is 3. The number of fused-ring (bicyclic) bond motifs is 1. The maximum Gasteiger partial charge on any atom is 0.266 e. The lowest BCUT2D eigenvalue weighted by atomic mass is 10.2. The lowest BCUT2D eigenvalue weighted by molar-refractivity contribution is 0.0751. The first-order valence-electron chi connectivity index (χ1n) is 6.71. The summed E-state index contributed by atoms with van der Waals surface area (Å²) in [5, 5.41) is 0.946. The van der Waals surface area contributed by atoms with Gasteiger partial charge in [0.15, 0.2) is 0 Å². The van der Waals surface area contributed by atoms with Crippen molar-refractivity contribution in [3.63, 3.8) is 0 Å². The molecule has 0 radical (unpaired) electrons. The standard InChI is InChI=1S/C15H19BrN2OS/c1-4-18(8-9(2)3)15(19)14-13(17)12-10(16)6-5-7-11(12)20-14/h5-7,9H,4,8,17H2,1-3H3. The molecule has 0 atom stereocenters. The van der Waals surface area contributed by atoms with Gasteiger partial charge in [-0.1, -0.05) is 35.8 Å². The molecule has 1 aromatic heterocycles. The Morgan fingerprint density at radius 3 is 2.70 bits per heavy atom. The molecular formula is C15H19BrN2OS. The first kappa shape index (κ1) is 15.3. The van der Waals surface area contributed by atoms with Crippen molar-refractivity contribution in [1.29, 1.82) is 0 Å². The molecule has 20 heavy (non-hydrogen) atoms. The van der Waals surface area contributed by atoms with E-state index in [4.69, 9.17) is 5.73 Å². The van der Waals surface area contributed by atoms with Crippen LogP contribution in [0.3, 0.4) is 0 Å². The van der Waals surface area contributed by atoms with Gasteiger partial charge in [-0.3, -0.25) is 4.79 Å². The van der Waals surface area contributed by atoms with Crippen molar-refractivity contribution >= 4 is 48.9 Å². The molecule has 0 aliphatic heterocycles. The molecular weight excluding hydrogens is 336 g/mol. The number of nitrogens with two attached hydrogens (primary N) is 1. The van der Waals surface area contributed by atoms with E-state index in [1.165, 1.54) is 11.3 Å². The Morgan fingerprint density at radius 1 is 1.45 bits per heavy atom. The highest BCUT2D eigenvalue weighted by atomic mass is 79.9. The zero-order chi connectivity index (χ0) is 14.9. The number of amides is 1. The van der Waals surface area contributed by atoms with Crippen LogP contribution >= 0.6 is 27.3 Å². The average molecular weight is 355 g/mol. The SMILES string of the molecule is CCN(CC(C)C)C(=O)c1sc2cccc(Br)c2c1N. The van der Waals surface area contributed by atoms with Crippen LogP contribution in [-0.2, 0) is 0 Å². The van der Waals surface area contributed by atoms with Crippen molar-refractivity contribution < 1.29 is 4.79 Å². The quantitative estimate of drug-likeness (QED) is 0.886. The summed E-state index contributed by atoms with van der Waals surface area (Å²) in [6, 6.07) is 5.91. The predicted molar refractivity (Wildman–Crippen MR) is 90.4 cm³/mol. The third kappa shape index (κ3) is 2.83. The summed E-state index contributed by atoms with van der Waals surface area (Å²) in [5.74, 6) is 0.480. The number of halogens is 1. The summed E-state index contributed by atoms with van der Waals surface area (Å²) < 4.78 is 1.98. The van der Waals surface area contributed by atoms with E-state index in [2.05, 4.69) is 29.8 Å². The molecule has 0 saturated carbocycles. The van der Waals surface area contributed by atoms with E-state index in [-0.39, 0.29) is 5.91 Å². The zero-order valence-electron chi connectivity index (χ0n) is 11.9. The molecule has 2 rings (SSSR count). The Balaban J connectivity index is 2.44. The number of anilines is 1.